The maximum atomic E-state index is 12.9. The number of rotatable bonds is 5. The third kappa shape index (κ3) is 4.09. The van der Waals surface area contributed by atoms with Crippen LogP contribution >= 0.6 is 34.4 Å². The predicted octanol–water partition coefficient (Wildman–Crippen LogP) is 5.03. The van der Waals surface area contributed by atoms with Crippen molar-refractivity contribution in [3.63, 3.8) is 0 Å². The van der Waals surface area contributed by atoms with Crippen molar-refractivity contribution in [2.24, 2.45) is 0 Å². The lowest BCUT2D eigenvalue weighted by atomic mass is 10.1. The molecule has 1 aliphatic rings. The average Bonchev–Trinajstić information content (AvgIpc) is 3.33. The van der Waals surface area contributed by atoms with E-state index in [2.05, 4.69) is 46.9 Å². The summed E-state index contributed by atoms with van der Waals surface area (Å²) in [4.78, 5) is 16.2. The summed E-state index contributed by atoms with van der Waals surface area (Å²) < 4.78 is 0.807. The van der Waals surface area contributed by atoms with Crippen LogP contribution in [0.4, 0.5) is 10.8 Å². The fraction of sp³-hybridized carbons (Fsp3) is 0.350. The Hall–Kier alpha value is -1.90. The number of nitrogens with zero attached hydrogens (tertiary/aromatic N) is 3. The van der Waals surface area contributed by atoms with E-state index in [1.54, 1.807) is 11.3 Å². The van der Waals surface area contributed by atoms with E-state index in [4.69, 9.17) is 0 Å². The van der Waals surface area contributed by atoms with E-state index in [-0.39, 0.29) is 11.2 Å². The topological polar surface area (TPSA) is 58.1 Å². The van der Waals surface area contributed by atoms with Crippen LogP contribution in [-0.4, -0.2) is 32.8 Å². The second kappa shape index (κ2) is 8.23. The van der Waals surface area contributed by atoms with Crippen LogP contribution in [0.25, 0.3) is 0 Å². The largest absolute Gasteiger partial charge is 0.337 e. The summed E-state index contributed by atoms with van der Waals surface area (Å²) in [5, 5.41) is 14.5. The number of hydrogen-bond donors (Lipinski definition) is 1. The summed E-state index contributed by atoms with van der Waals surface area (Å²) in [6.07, 6.45) is 0.957. The molecule has 1 aromatic carbocycles. The lowest BCUT2D eigenvalue weighted by Gasteiger charge is -2.28. The number of thiophene rings is 1. The number of carbonyl (C=O) groups is 1. The van der Waals surface area contributed by atoms with E-state index in [0.29, 0.717) is 0 Å². The van der Waals surface area contributed by atoms with Crippen LogP contribution in [0.2, 0.25) is 0 Å². The van der Waals surface area contributed by atoms with Gasteiger partial charge in [-0.15, -0.1) is 21.5 Å². The Morgan fingerprint density at radius 1 is 1.29 bits per heavy atom. The Morgan fingerprint density at radius 3 is 3.00 bits per heavy atom. The lowest BCUT2D eigenvalue weighted by molar-refractivity contribution is -0.131. The number of carbonyl (C=O) groups excluding carboxylic acids is 1. The number of benzene rings is 1. The van der Waals surface area contributed by atoms with Gasteiger partial charge < -0.3 is 10.2 Å². The molecule has 1 amide bonds. The number of anilines is 2. The highest BCUT2D eigenvalue weighted by atomic mass is 32.2. The summed E-state index contributed by atoms with van der Waals surface area (Å²) in [7, 11) is 0. The van der Waals surface area contributed by atoms with Crippen molar-refractivity contribution in [2.75, 3.05) is 11.9 Å². The summed E-state index contributed by atoms with van der Waals surface area (Å²) in [6, 6.07) is 8.29. The van der Waals surface area contributed by atoms with Gasteiger partial charge in [0, 0.05) is 23.7 Å². The van der Waals surface area contributed by atoms with Gasteiger partial charge in [0.1, 0.15) is 0 Å². The standard InChI is InChI=1S/C20H22N4OS3/c1-12-5-4-6-16(13(12)2)21-19-22-23-20(28-19)27-14(3)18(25)24-9-7-17-15(11-24)8-10-26-17/h4-6,8,10,14H,7,9,11H2,1-3H3,(H,21,22). The minimum Gasteiger partial charge on any atom is -0.337 e. The molecular formula is C20H22N4OS3. The average molecular weight is 431 g/mol. The van der Waals surface area contributed by atoms with E-state index < -0.39 is 0 Å². The first-order chi connectivity index (χ1) is 13.5. The molecule has 0 aliphatic carbocycles. The molecule has 28 heavy (non-hydrogen) atoms. The van der Waals surface area contributed by atoms with Gasteiger partial charge in [-0.05, 0) is 61.4 Å². The van der Waals surface area contributed by atoms with Gasteiger partial charge in [-0.1, -0.05) is 35.2 Å². The molecule has 8 heteroatoms. The van der Waals surface area contributed by atoms with E-state index >= 15 is 0 Å². The second-order valence-electron chi connectivity index (χ2n) is 6.88. The minimum absolute atomic E-state index is 0.168. The Bertz CT molecular complexity index is 997. The fourth-order valence-electron chi connectivity index (χ4n) is 3.20. The molecule has 0 saturated heterocycles. The van der Waals surface area contributed by atoms with Crippen LogP contribution < -0.4 is 5.32 Å². The molecule has 1 aliphatic heterocycles. The molecule has 0 bridgehead atoms. The maximum absolute atomic E-state index is 12.9. The van der Waals surface area contributed by atoms with Crippen LogP contribution in [-0.2, 0) is 17.8 Å². The quantitative estimate of drug-likeness (QED) is 0.576. The van der Waals surface area contributed by atoms with Crippen molar-refractivity contribution in [1.29, 1.82) is 0 Å². The number of aromatic nitrogens is 2. The summed E-state index contributed by atoms with van der Waals surface area (Å²) in [5.74, 6) is 0.168. The molecule has 4 rings (SSSR count). The van der Waals surface area contributed by atoms with Gasteiger partial charge in [-0.25, -0.2) is 0 Å². The Labute approximate surface area is 177 Å². The third-order valence-corrected chi connectivity index (χ3v) is 8.03. The van der Waals surface area contributed by atoms with Crippen LogP contribution in [0.3, 0.4) is 0 Å². The van der Waals surface area contributed by atoms with Crippen molar-refractivity contribution in [1.82, 2.24) is 15.1 Å². The normalized spacial score (nSPS) is 14.6. The number of hydrogen-bond acceptors (Lipinski definition) is 7. The molecule has 3 aromatic rings. The first-order valence-corrected chi connectivity index (χ1v) is 11.8. The zero-order chi connectivity index (χ0) is 19.7. The predicted molar refractivity (Wildman–Crippen MR) is 118 cm³/mol. The monoisotopic (exact) mass is 430 g/mol. The van der Waals surface area contributed by atoms with Crippen molar-refractivity contribution in [3.8, 4) is 0 Å². The van der Waals surface area contributed by atoms with Crippen molar-refractivity contribution in [2.45, 2.75) is 43.3 Å². The van der Waals surface area contributed by atoms with Crippen LogP contribution in [0.5, 0.6) is 0 Å². The number of nitrogens with one attached hydrogen (secondary N) is 1. The molecule has 0 radical (unpaired) electrons. The second-order valence-corrected chi connectivity index (χ2v) is 10.5. The molecule has 1 atom stereocenters. The van der Waals surface area contributed by atoms with Gasteiger partial charge in [0.25, 0.3) is 0 Å². The maximum Gasteiger partial charge on any atom is 0.236 e. The third-order valence-electron chi connectivity index (χ3n) is 5.00. The van der Waals surface area contributed by atoms with Crippen LogP contribution in [0.1, 0.15) is 28.5 Å². The molecule has 1 unspecified atom stereocenters. The summed E-state index contributed by atoms with van der Waals surface area (Å²) in [6.45, 7) is 7.65. The van der Waals surface area contributed by atoms with Crippen molar-refractivity contribution < 1.29 is 4.79 Å². The van der Waals surface area contributed by atoms with Gasteiger partial charge >= 0.3 is 0 Å². The van der Waals surface area contributed by atoms with Gasteiger partial charge in [0.2, 0.25) is 11.0 Å². The Balaban J connectivity index is 1.38. The van der Waals surface area contributed by atoms with E-state index in [0.717, 1.165) is 34.7 Å². The molecule has 2 aromatic heterocycles. The van der Waals surface area contributed by atoms with E-state index in [1.807, 2.05) is 24.0 Å². The molecular weight excluding hydrogens is 408 g/mol. The molecule has 3 heterocycles. The molecule has 0 saturated carbocycles. The molecule has 0 spiro atoms. The SMILES string of the molecule is Cc1cccc(Nc2nnc(SC(C)C(=O)N3CCc4sccc4C3)s2)c1C. The first kappa shape index (κ1) is 19.4. The highest BCUT2D eigenvalue weighted by molar-refractivity contribution is 8.02. The Kier molecular flexibility index (Phi) is 5.70. The van der Waals surface area contributed by atoms with Crippen LogP contribution in [0, 0.1) is 13.8 Å². The van der Waals surface area contributed by atoms with E-state index in [1.165, 1.54) is 44.7 Å². The smallest absolute Gasteiger partial charge is 0.236 e. The summed E-state index contributed by atoms with van der Waals surface area (Å²) in [5.41, 5.74) is 4.77. The minimum atomic E-state index is -0.179. The molecule has 146 valence electrons. The van der Waals surface area contributed by atoms with Gasteiger partial charge in [-0.2, -0.15) is 0 Å². The molecule has 1 N–H and O–H groups in total. The van der Waals surface area contributed by atoms with Gasteiger partial charge in [-0.3, -0.25) is 4.79 Å². The highest BCUT2D eigenvalue weighted by Crippen LogP contribution is 2.33. The number of aryl methyl sites for hydroxylation is 1. The number of thioether (sulfide) groups is 1. The lowest BCUT2D eigenvalue weighted by Crippen LogP contribution is -2.39. The zero-order valence-electron chi connectivity index (χ0n) is 16.1. The van der Waals surface area contributed by atoms with Crippen LogP contribution in [0.15, 0.2) is 34.0 Å². The number of fused-ring (bicyclic) bond motifs is 1. The van der Waals surface area contributed by atoms with E-state index in [9.17, 15) is 4.79 Å². The Morgan fingerprint density at radius 2 is 2.14 bits per heavy atom. The fourth-order valence-corrected chi connectivity index (χ4v) is 6.09. The number of amides is 1. The summed E-state index contributed by atoms with van der Waals surface area (Å²) >= 11 is 4.76. The highest BCUT2D eigenvalue weighted by Gasteiger charge is 2.26. The van der Waals surface area contributed by atoms with Gasteiger partial charge in [0.05, 0.1) is 5.25 Å². The van der Waals surface area contributed by atoms with Gasteiger partial charge in [0.15, 0.2) is 4.34 Å². The zero-order valence-corrected chi connectivity index (χ0v) is 18.5. The molecule has 0 fully saturated rings. The van der Waals surface area contributed by atoms with Crippen molar-refractivity contribution >= 4 is 51.2 Å². The molecule has 5 nitrogen and oxygen atoms in total. The van der Waals surface area contributed by atoms with Crippen molar-refractivity contribution in [3.05, 3.63) is 51.2 Å². The first-order valence-electron chi connectivity index (χ1n) is 9.18.